The van der Waals surface area contributed by atoms with Gasteiger partial charge < -0.3 is 10.1 Å². The van der Waals surface area contributed by atoms with Crippen LogP contribution in [-0.2, 0) is 20.7 Å². The molecule has 1 amide bonds. The summed E-state index contributed by atoms with van der Waals surface area (Å²) in [5, 5.41) is 3.51. The van der Waals surface area contributed by atoms with Crippen molar-refractivity contribution in [3.63, 3.8) is 0 Å². The molecule has 154 valence electrons. The summed E-state index contributed by atoms with van der Waals surface area (Å²) in [7, 11) is 0. The quantitative estimate of drug-likeness (QED) is 0.611. The lowest BCUT2D eigenvalue weighted by atomic mass is 10.0. The highest BCUT2D eigenvalue weighted by Crippen LogP contribution is 2.23. The molecule has 1 atom stereocenters. The molecular weight excluding hydrogens is 380 g/mol. The van der Waals surface area contributed by atoms with Crippen molar-refractivity contribution in [3.05, 3.63) is 77.0 Å². The lowest BCUT2D eigenvalue weighted by Crippen LogP contribution is -2.43. The number of ether oxygens (including phenoxy) is 1. The highest BCUT2D eigenvalue weighted by Gasteiger charge is 2.21. The highest BCUT2D eigenvalue weighted by atomic mass is 16.5. The number of fused-ring (bicyclic) bond motifs is 1. The van der Waals surface area contributed by atoms with Crippen LogP contribution in [-0.4, -0.2) is 35.3 Å². The summed E-state index contributed by atoms with van der Waals surface area (Å²) in [6.45, 7) is 4.53. The molecule has 30 heavy (non-hydrogen) atoms. The summed E-state index contributed by atoms with van der Waals surface area (Å²) in [5.41, 5.74) is 3.39. The van der Waals surface area contributed by atoms with E-state index in [1.54, 1.807) is 6.92 Å². The molecule has 3 aromatic rings. The zero-order valence-corrected chi connectivity index (χ0v) is 17.3. The second kappa shape index (κ2) is 9.31. The number of carbonyl (C=O) groups is 3. The highest BCUT2D eigenvalue weighted by molar-refractivity contribution is 5.99. The van der Waals surface area contributed by atoms with Crippen LogP contribution in [0.25, 0.3) is 10.9 Å². The van der Waals surface area contributed by atoms with Crippen LogP contribution >= 0.6 is 0 Å². The van der Waals surface area contributed by atoms with Crippen molar-refractivity contribution >= 4 is 28.6 Å². The zero-order valence-electron chi connectivity index (χ0n) is 17.3. The van der Waals surface area contributed by atoms with Crippen molar-refractivity contribution < 1.29 is 19.1 Å². The van der Waals surface area contributed by atoms with E-state index in [-0.39, 0.29) is 5.78 Å². The molecule has 0 aliphatic carbocycles. The molecule has 0 spiro atoms. The SMILES string of the molecule is CC(=O)[C@@H](Cc1ccccc1)NC(=O)COC(=O)c1c(C)nc2ccccc2c1C. The first-order valence-corrected chi connectivity index (χ1v) is 9.73. The fraction of sp³-hybridized carbons (Fsp3) is 0.250. The Morgan fingerprint density at radius 2 is 1.67 bits per heavy atom. The van der Waals surface area contributed by atoms with E-state index < -0.39 is 24.5 Å². The van der Waals surface area contributed by atoms with Gasteiger partial charge in [-0.05, 0) is 44.4 Å². The van der Waals surface area contributed by atoms with E-state index >= 15 is 0 Å². The number of para-hydroxylation sites is 1. The predicted octanol–water partition coefficient (Wildman–Crippen LogP) is 3.32. The van der Waals surface area contributed by atoms with Crippen molar-refractivity contribution in [2.24, 2.45) is 0 Å². The van der Waals surface area contributed by atoms with E-state index in [0.717, 1.165) is 22.0 Å². The van der Waals surface area contributed by atoms with Gasteiger partial charge in [-0.15, -0.1) is 0 Å². The van der Waals surface area contributed by atoms with Gasteiger partial charge in [-0.2, -0.15) is 0 Å². The number of ketones is 1. The second-order valence-electron chi connectivity index (χ2n) is 7.21. The number of aryl methyl sites for hydroxylation is 2. The predicted molar refractivity (Wildman–Crippen MR) is 114 cm³/mol. The summed E-state index contributed by atoms with van der Waals surface area (Å²) in [6.07, 6.45) is 0.378. The van der Waals surface area contributed by atoms with E-state index in [2.05, 4.69) is 10.3 Å². The maximum Gasteiger partial charge on any atom is 0.340 e. The van der Waals surface area contributed by atoms with Crippen LogP contribution in [0, 0.1) is 13.8 Å². The first-order chi connectivity index (χ1) is 14.4. The molecule has 3 rings (SSSR count). The third-order valence-electron chi connectivity index (χ3n) is 4.98. The molecule has 0 saturated carbocycles. The number of rotatable bonds is 7. The molecule has 2 aromatic carbocycles. The smallest absolute Gasteiger partial charge is 0.340 e. The van der Waals surface area contributed by atoms with Crippen LogP contribution in [0.3, 0.4) is 0 Å². The minimum absolute atomic E-state index is 0.163. The molecule has 0 unspecified atom stereocenters. The van der Waals surface area contributed by atoms with Gasteiger partial charge in [0.05, 0.1) is 22.8 Å². The summed E-state index contributed by atoms with van der Waals surface area (Å²) in [6, 6.07) is 16.3. The number of esters is 1. The van der Waals surface area contributed by atoms with E-state index in [0.29, 0.717) is 17.7 Å². The largest absolute Gasteiger partial charge is 0.452 e. The number of benzene rings is 2. The van der Waals surface area contributed by atoms with Crippen LogP contribution < -0.4 is 5.32 Å². The normalized spacial score (nSPS) is 11.7. The van der Waals surface area contributed by atoms with Gasteiger partial charge in [0, 0.05) is 5.39 Å². The maximum absolute atomic E-state index is 12.6. The van der Waals surface area contributed by atoms with Crippen LogP contribution in [0.1, 0.15) is 34.1 Å². The first-order valence-electron chi connectivity index (χ1n) is 9.73. The molecule has 0 bridgehead atoms. The minimum atomic E-state index is -0.676. The topological polar surface area (TPSA) is 85.4 Å². The Balaban J connectivity index is 1.66. The van der Waals surface area contributed by atoms with Gasteiger partial charge in [0.2, 0.25) is 0 Å². The van der Waals surface area contributed by atoms with E-state index in [4.69, 9.17) is 4.74 Å². The van der Waals surface area contributed by atoms with Crippen molar-refractivity contribution in [1.82, 2.24) is 10.3 Å². The average molecular weight is 404 g/mol. The molecule has 0 aliphatic heterocycles. The fourth-order valence-corrected chi connectivity index (χ4v) is 3.42. The number of aromatic nitrogens is 1. The lowest BCUT2D eigenvalue weighted by molar-refractivity contribution is -0.128. The van der Waals surface area contributed by atoms with Gasteiger partial charge in [-0.3, -0.25) is 14.6 Å². The Bertz CT molecular complexity index is 1090. The number of carbonyl (C=O) groups excluding carboxylic acids is 3. The minimum Gasteiger partial charge on any atom is -0.452 e. The summed E-state index contributed by atoms with van der Waals surface area (Å²) >= 11 is 0. The van der Waals surface area contributed by atoms with Gasteiger partial charge in [-0.25, -0.2) is 4.79 Å². The number of nitrogens with zero attached hydrogens (tertiary/aromatic N) is 1. The summed E-state index contributed by atoms with van der Waals surface area (Å²) in [4.78, 5) is 41.3. The molecule has 6 heteroatoms. The molecule has 1 aromatic heterocycles. The number of nitrogens with one attached hydrogen (secondary N) is 1. The number of amides is 1. The van der Waals surface area contributed by atoms with Crippen LogP contribution in [0.4, 0.5) is 0 Å². The molecular formula is C24H24N2O4. The molecule has 0 fully saturated rings. The van der Waals surface area contributed by atoms with Crippen LogP contribution in [0.2, 0.25) is 0 Å². The Kier molecular flexibility index (Phi) is 6.57. The first kappa shape index (κ1) is 21.2. The molecule has 6 nitrogen and oxygen atoms in total. The summed E-state index contributed by atoms with van der Waals surface area (Å²) < 4.78 is 5.23. The molecule has 0 saturated heterocycles. The maximum atomic E-state index is 12.6. The van der Waals surface area contributed by atoms with Crippen LogP contribution in [0.5, 0.6) is 0 Å². The van der Waals surface area contributed by atoms with Gasteiger partial charge in [0.25, 0.3) is 5.91 Å². The number of pyridine rings is 1. The number of hydrogen-bond donors (Lipinski definition) is 1. The standard InChI is InChI=1S/C24H24N2O4/c1-15-19-11-7-8-12-20(19)25-16(2)23(15)24(29)30-14-22(28)26-21(17(3)27)13-18-9-5-4-6-10-18/h4-12,21H,13-14H2,1-3H3,(H,26,28)/t21-/m1/s1. The van der Waals surface area contributed by atoms with Crippen molar-refractivity contribution in [1.29, 1.82) is 0 Å². The van der Waals surface area contributed by atoms with Crippen molar-refractivity contribution in [2.45, 2.75) is 33.2 Å². The Hall–Kier alpha value is -3.54. The lowest BCUT2D eigenvalue weighted by Gasteiger charge is -2.16. The molecule has 0 radical (unpaired) electrons. The number of Topliss-reactive ketones (excluding diaryl/α,β-unsaturated/α-hetero) is 1. The van der Waals surface area contributed by atoms with Gasteiger partial charge in [0.1, 0.15) is 0 Å². The fourth-order valence-electron chi connectivity index (χ4n) is 3.42. The Morgan fingerprint density at radius 3 is 2.37 bits per heavy atom. The van der Waals surface area contributed by atoms with Crippen molar-refractivity contribution in [2.75, 3.05) is 6.61 Å². The third-order valence-corrected chi connectivity index (χ3v) is 4.98. The summed E-state index contributed by atoms with van der Waals surface area (Å²) in [5.74, 6) is -1.30. The third kappa shape index (κ3) is 4.89. The van der Waals surface area contributed by atoms with E-state index in [1.165, 1.54) is 6.92 Å². The van der Waals surface area contributed by atoms with E-state index in [1.807, 2.05) is 61.5 Å². The Labute approximate surface area is 175 Å². The zero-order chi connectivity index (χ0) is 21.7. The van der Waals surface area contributed by atoms with Gasteiger partial charge >= 0.3 is 5.97 Å². The molecule has 1 heterocycles. The van der Waals surface area contributed by atoms with Crippen molar-refractivity contribution in [3.8, 4) is 0 Å². The Morgan fingerprint density at radius 1 is 1.00 bits per heavy atom. The van der Waals surface area contributed by atoms with E-state index in [9.17, 15) is 14.4 Å². The monoisotopic (exact) mass is 404 g/mol. The van der Waals surface area contributed by atoms with Crippen LogP contribution in [0.15, 0.2) is 54.6 Å². The molecule has 0 aliphatic rings. The average Bonchev–Trinajstić information content (AvgIpc) is 2.72. The van der Waals surface area contributed by atoms with Gasteiger partial charge in [-0.1, -0.05) is 48.5 Å². The number of hydrogen-bond acceptors (Lipinski definition) is 5. The van der Waals surface area contributed by atoms with Gasteiger partial charge in [0.15, 0.2) is 12.4 Å². The molecule has 1 N–H and O–H groups in total. The second-order valence-corrected chi connectivity index (χ2v) is 7.21.